The van der Waals surface area contributed by atoms with Crippen molar-refractivity contribution in [3.05, 3.63) is 54.2 Å². The second-order valence-electron chi connectivity index (χ2n) is 9.71. The number of nitrogens with one attached hydrogen (secondary N) is 3. The number of rotatable bonds is 8. The lowest BCUT2D eigenvalue weighted by atomic mass is 10.0. The van der Waals surface area contributed by atoms with Gasteiger partial charge in [-0.1, -0.05) is 25.8 Å². The van der Waals surface area contributed by atoms with Crippen LogP contribution in [-0.2, 0) is 11.3 Å². The molecule has 230 valence electrons. The molecule has 0 saturated carbocycles. The first kappa shape index (κ1) is 34.5. The molecule has 1 aromatic heterocycles. The Bertz CT molecular complexity index is 1280. The zero-order valence-corrected chi connectivity index (χ0v) is 25.6. The maximum Gasteiger partial charge on any atom is 0.406 e. The van der Waals surface area contributed by atoms with Gasteiger partial charge in [0.1, 0.15) is 6.54 Å². The van der Waals surface area contributed by atoms with Gasteiger partial charge in [-0.2, -0.15) is 13.2 Å². The van der Waals surface area contributed by atoms with Crippen molar-refractivity contribution >= 4 is 34.3 Å². The van der Waals surface area contributed by atoms with Crippen LogP contribution in [0.3, 0.4) is 0 Å². The Balaban J connectivity index is 0.000000947. The van der Waals surface area contributed by atoms with Crippen LogP contribution < -0.4 is 15.5 Å². The third-order valence-electron chi connectivity index (χ3n) is 6.72. The first-order valence-corrected chi connectivity index (χ1v) is 14.3. The van der Waals surface area contributed by atoms with Crippen molar-refractivity contribution in [1.29, 1.82) is 5.41 Å². The van der Waals surface area contributed by atoms with E-state index >= 15 is 0 Å². The average molecular weight is 587 g/mol. The second kappa shape index (κ2) is 17.3. The van der Waals surface area contributed by atoms with Gasteiger partial charge >= 0.3 is 6.18 Å². The highest BCUT2D eigenvalue weighted by atomic mass is 19.4. The lowest BCUT2D eigenvalue weighted by Crippen LogP contribution is -2.36. The maximum atomic E-state index is 13.4. The molecule has 3 N–H and O–H groups in total. The predicted molar refractivity (Wildman–Crippen MR) is 170 cm³/mol. The molecule has 0 amide bonds. The number of likely N-dealkylation sites (tertiary alicyclic amines) is 1. The van der Waals surface area contributed by atoms with Crippen molar-refractivity contribution < 1.29 is 17.9 Å². The molecule has 1 fully saturated rings. The number of halogens is 3. The van der Waals surface area contributed by atoms with E-state index in [-0.39, 0.29) is 6.54 Å². The molecule has 1 aliphatic rings. The number of alkyl halides is 3. The first-order chi connectivity index (χ1) is 20.1. The molecule has 2 aromatic carbocycles. The largest absolute Gasteiger partial charge is 0.406 e. The Labute approximate surface area is 248 Å². The standard InChI is InChI=1S/C27H31F3N6.C3H8O.C2H6/c1-34-15-12-21(13-16-34)33-25-6-3-7-26-24(25)17-23(36(26)18-27(28,29)30)5-4-14-32-20-8-10-22(11-9-20)35(2)19-31;1-3-4-2;1-2/h3,6-11,17,19,21,31-33H,12-16,18H2,1-2H3;3H2,1-2H3;1-2H3. The van der Waals surface area contributed by atoms with Gasteiger partial charge in [0.2, 0.25) is 0 Å². The van der Waals surface area contributed by atoms with Gasteiger partial charge in [0.25, 0.3) is 0 Å². The number of aromatic nitrogens is 1. The summed E-state index contributed by atoms with van der Waals surface area (Å²) in [6.07, 6.45) is -1.15. The third kappa shape index (κ3) is 10.6. The van der Waals surface area contributed by atoms with E-state index in [0.717, 1.165) is 55.0 Å². The monoisotopic (exact) mass is 586 g/mol. The Morgan fingerprint density at radius 2 is 1.76 bits per heavy atom. The summed E-state index contributed by atoms with van der Waals surface area (Å²) in [4.78, 5) is 3.96. The van der Waals surface area contributed by atoms with E-state index in [0.29, 0.717) is 17.3 Å². The highest BCUT2D eigenvalue weighted by molar-refractivity contribution is 5.94. The summed E-state index contributed by atoms with van der Waals surface area (Å²) in [5, 5.41) is 14.8. The van der Waals surface area contributed by atoms with Gasteiger partial charge in [0, 0.05) is 49.3 Å². The Kier molecular flexibility index (Phi) is 14.2. The minimum absolute atomic E-state index is 0.286. The summed E-state index contributed by atoms with van der Waals surface area (Å²) < 4.78 is 46.1. The summed E-state index contributed by atoms with van der Waals surface area (Å²) in [6.45, 7) is 7.96. The molecule has 2 heterocycles. The van der Waals surface area contributed by atoms with Crippen LogP contribution in [0.2, 0.25) is 0 Å². The second-order valence-corrected chi connectivity index (χ2v) is 9.71. The molecule has 0 atom stereocenters. The number of methoxy groups -OCH3 is 1. The highest BCUT2D eigenvalue weighted by Gasteiger charge is 2.30. The normalized spacial score (nSPS) is 13.5. The third-order valence-corrected chi connectivity index (χ3v) is 6.72. The van der Waals surface area contributed by atoms with Crippen molar-refractivity contribution in [3.8, 4) is 11.8 Å². The van der Waals surface area contributed by atoms with Gasteiger partial charge in [-0.15, -0.1) is 0 Å². The summed E-state index contributed by atoms with van der Waals surface area (Å²) in [6, 6.07) is 15.0. The van der Waals surface area contributed by atoms with Crippen LogP contribution >= 0.6 is 0 Å². The summed E-state index contributed by atoms with van der Waals surface area (Å²) >= 11 is 0. The number of fused-ring (bicyclic) bond motifs is 1. The molecule has 42 heavy (non-hydrogen) atoms. The molecule has 10 heteroatoms. The van der Waals surface area contributed by atoms with E-state index in [9.17, 15) is 13.2 Å². The molecular formula is C32H45F3N6O. The topological polar surface area (TPSA) is 68.6 Å². The van der Waals surface area contributed by atoms with Crippen molar-refractivity contribution in [1.82, 2.24) is 9.47 Å². The Morgan fingerprint density at radius 3 is 2.33 bits per heavy atom. The van der Waals surface area contributed by atoms with E-state index in [4.69, 9.17) is 5.41 Å². The lowest BCUT2D eigenvalue weighted by molar-refractivity contribution is -0.140. The van der Waals surface area contributed by atoms with Crippen molar-refractivity contribution in [2.24, 2.45) is 0 Å². The minimum atomic E-state index is -4.36. The van der Waals surface area contributed by atoms with E-state index in [2.05, 4.69) is 39.2 Å². The lowest BCUT2D eigenvalue weighted by Gasteiger charge is -2.30. The van der Waals surface area contributed by atoms with E-state index in [1.807, 2.05) is 51.1 Å². The average Bonchev–Trinajstić information content (AvgIpc) is 3.34. The van der Waals surface area contributed by atoms with Gasteiger partial charge in [0.15, 0.2) is 0 Å². The Morgan fingerprint density at radius 1 is 1.12 bits per heavy atom. The molecule has 0 bridgehead atoms. The van der Waals surface area contributed by atoms with Crippen LogP contribution in [0.5, 0.6) is 0 Å². The van der Waals surface area contributed by atoms with Crippen LogP contribution in [-0.4, -0.2) is 75.5 Å². The number of piperidine rings is 1. The quantitative estimate of drug-likeness (QED) is 0.152. The fraction of sp³-hybridized carbons (Fsp3) is 0.469. The number of nitrogens with zero attached hydrogens (tertiary/aromatic N) is 3. The van der Waals surface area contributed by atoms with Gasteiger partial charge in [-0.05, 0) is 88.3 Å². The van der Waals surface area contributed by atoms with E-state index < -0.39 is 12.7 Å². The number of anilines is 3. The molecule has 3 aromatic rings. The van der Waals surface area contributed by atoms with Crippen LogP contribution in [0.15, 0.2) is 48.5 Å². The smallest absolute Gasteiger partial charge is 0.385 e. The Hall–Kier alpha value is -3.68. The van der Waals surface area contributed by atoms with Gasteiger partial charge in [-0.3, -0.25) is 5.41 Å². The van der Waals surface area contributed by atoms with Crippen LogP contribution in [0.4, 0.5) is 30.2 Å². The number of benzene rings is 2. The van der Waals surface area contributed by atoms with Crippen LogP contribution in [0.25, 0.3) is 10.9 Å². The molecule has 1 saturated heterocycles. The van der Waals surface area contributed by atoms with Crippen molar-refractivity contribution in [2.75, 3.05) is 63.0 Å². The number of hydrogen-bond donors (Lipinski definition) is 3. The zero-order valence-electron chi connectivity index (χ0n) is 25.6. The predicted octanol–water partition coefficient (Wildman–Crippen LogP) is 6.90. The summed E-state index contributed by atoms with van der Waals surface area (Å²) in [5.74, 6) is 5.92. The SMILES string of the molecule is CC.CCOC.CN1CCC(Nc2cccc3c2cc(C#CCNc2ccc(N(C)C=N)cc2)n3CC(F)(F)F)CC1. The van der Waals surface area contributed by atoms with Gasteiger partial charge in [-0.25, -0.2) is 0 Å². The maximum absolute atomic E-state index is 13.4. The molecular weight excluding hydrogens is 541 g/mol. The minimum Gasteiger partial charge on any atom is -0.385 e. The van der Waals surface area contributed by atoms with Crippen LogP contribution in [0.1, 0.15) is 39.3 Å². The molecule has 1 aliphatic heterocycles. The molecule has 0 spiro atoms. The van der Waals surface area contributed by atoms with Gasteiger partial charge in [0.05, 0.1) is 24.1 Å². The molecule has 0 unspecified atom stereocenters. The molecule has 4 rings (SSSR count). The van der Waals surface area contributed by atoms with Crippen LogP contribution in [0, 0.1) is 17.3 Å². The summed E-state index contributed by atoms with van der Waals surface area (Å²) in [5.41, 5.74) is 3.42. The zero-order chi connectivity index (χ0) is 31.1. The molecule has 0 aliphatic carbocycles. The van der Waals surface area contributed by atoms with E-state index in [1.54, 1.807) is 37.3 Å². The first-order valence-electron chi connectivity index (χ1n) is 14.3. The summed E-state index contributed by atoms with van der Waals surface area (Å²) in [7, 11) is 5.57. The van der Waals surface area contributed by atoms with Gasteiger partial charge < -0.3 is 29.7 Å². The fourth-order valence-corrected chi connectivity index (χ4v) is 4.41. The van der Waals surface area contributed by atoms with Crippen molar-refractivity contribution in [3.63, 3.8) is 0 Å². The molecule has 0 radical (unpaired) electrons. The molecule has 7 nitrogen and oxygen atoms in total. The fourth-order valence-electron chi connectivity index (χ4n) is 4.41. The van der Waals surface area contributed by atoms with E-state index in [1.165, 1.54) is 10.9 Å². The number of hydrogen-bond acceptors (Lipinski definition) is 5. The van der Waals surface area contributed by atoms with Crippen molar-refractivity contribution in [2.45, 2.75) is 52.4 Å². The number of ether oxygens (including phenoxy) is 1. The highest BCUT2D eigenvalue weighted by Crippen LogP contribution is 2.31.